The van der Waals surface area contributed by atoms with Gasteiger partial charge in [-0.25, -0.2) is 0 Å². The molecule has 41 heavy (non-hydrogen) atoms. The van der Waals surface area contributed by atoms with E-state index < -0.39 is 18.2 Å². The summed E-state index contributed by atoms with van der Waals surface area (Å²) >= 11 is 0. The van der Waals surface area contributed by atoms with Crippen molar-refractivity contribution in [2.45, 2.75) is 193 Å². The average Bonchev–Trinajstić information content (AvgIpc) is 2.96. The fourth-order valence-corrected chi connectivity index (χ4v) is 5.24. The fourth-order valence-electron chi connectivity index (χ4n) is 5.24. The van der Waals surface area contributed by atoms with Gasteiger partial charge in [-0.2, -0.15) is 0 Å². The summed E-state index contributed by atoms with van der Waals surface area (Å²) in [7, 11) is 0. The molecule has 0 aliphatic carbocycles. The van der Waals surface area contributed by atoms with E-state index in [2.05, 4.69) is 31.3 Å². The highest BCUT2D eigenvalue weighted by Crippen LogP contribution is 2.14. The first-order chi connectivity index (χ1) is 20.0. The van der Waals surface area contributed by atoms with Crippen molar-refractivity contribution < 1.29 is 20.1 Å². The molecule has 5 nitrogen and oxygen atoms in total. The SMILES string of the molecule is CCCCCCCCCCC/C=C/CC/C=C/C(O)C(CO)NC(=O)CC(O)CCCCCCCCCCCCC. The zero-order chi connectivity index (χ0) is 30.2. The molecule has 1 amide bonds. The van der Waals surface area contributed by atoms with Crippen molar-refractivity contribution in [2.24, 2.45) is 0 Å². The van der Waals surface area contributed by atoms with Crippen molar-refractivity contribution in [3.05, 3.63) is 24.3 Å². The van der Waals surface area contributed by atoms with Crippen LogP contribution in [0.5, 0.6) is 0 Å². The third-order valence-corrected chi connectivity index (χ3v) is 7.99. The number of aliphatic hydroxyl groups excluding tert-OH is 3. The minimum absolute atomic E-state index is 0.00838. The number of aliphatic hydroxyl groups is 3. The molecule has 0 aromatic heterocycles. The highest BCUT2D eigenvalue weighted by molar-refractivity contribution is 5.76. The van der Waals surface area contributed by atoms with Gasteiger partial charge < -0.3 is 20.6 Å². The minimum Gasteiger partial charge on any atom is -0.394 e. The summed E-state index contributed by atoms with van der Waals surface area (Å²) in [4.78, 5) is 12.3. The van der Waals surface area contributed by atoms with E-state index >= 15 is 0 Å². The molecule has 0 aliphatic heterocycles. The predicted octanol–water partition coefficient (Wildman–Crippen LogP) is 9.09. The van der Waals surface area contributed by atoms with Gasteiger partial charge in [-0.3, -0.25) is 4.79 Å². The number of hydrogen-bond acceptors (Lipinski definition) is 4. The summed E-state index contributed by atoms with van der Waals surface area (Å²) in [5.41, 5.74) is 0. The lowest BCUT2D eigenvalue weighted by molar-refractivity contribution is -0.124. The van der Waals surface area contributed by atoms with Crippen LogP contribution in [0.1, 0.15) is 174 Å². The molecule has 0 bridgehead atoms. The molecule has 5 heteroatoms. The van der Waals surface area contributed by atoms with Gasteiger partial charge in [0.2, 0.25) is 5.91 Å². The topological polar surface area (TPSA) is 89.8 Å². The maximum absolute atomic E-state index is 12.3. The zero-order valence-corrected chi connectivity index (χ0v) is 27.2. The summed E-state index contributed by atoms with van der Waals surface area (Å²) in [6.45, 7) is 4.17. The maximum Gasteiger partial charge on any atom is 0.222 e. The Morgan fingerprint density at radius 2 is 1.05 bits per heavy atom. The second-order valence-corrected chi connectivity index (χ2v) is 12.1. The van der Waals surface area contributed by atoms with E-state index in [9.17, 15) is 20.1 Å². The zero-order valence-electron chi connectivity index (χ0n) is 27.2. The molecule has 4 N–H and O–H groups in total. The van der Waals surface area contributed by atoms with E-state index in [-0.39, 0.29) is 18.9 Å². The Morgan fingerprint density at radius 3 is 1.56 bits per heavy atom. The Labute approximate surface area is 254 Å². The van der Waals surface area contributed by atoms with Crippen LogP contribution in [0, 0.1) is 0 Å². The average molecular weight is 580 g/mol. The summed E-state index contributed by atoms with van der Waals surface area (Å²) < 4.78 is 0. The standard InChI is InChI=1S/C36H69NO4/c1-3-5-7-9-11-13-15-16-17-18-20-22-24-26-28-30-35(40)34(32-38)37-36(41)31-33(39)29-27-25-23-21-19-14-12-10-8-6-4-2/h20,22,28,30,33-35,38-40H,3-19,21,23-27,29,31-32H2,1-2H3,(H,37,41)/b22-20+,30-28+. The number of nitrogens with one attached hydrogen (secondary N) is 1. The van der Waals surface area contributed by atoms with Crippen LogP contribution >= 0.6 is 0 Å². The quantitative estimate of drug-likeness (QED) is 0.0487. The molecule has 242 valence electrons. The van der Waals surface area contributed by atoms with Crippen LogP contribution in [-0.4, -0.2) is 46.1 Å². The smallest absolute Gasteiger partial charge is 0.222 e. The molecule has 3 unspecified atom stereocenters. The molecule has 0 saturated carbocycles. The van der Waals surface area contributed by atoms with Gasteiger partial charge in [0.1, 0.15) is 0 Å². The highest BCUT2D eigenvalue weighted by atomic mass is 16.3. The Balaban J connectivity index is 3.81. The Kier molecular flexibility index (Phi) is 30.9. The van der Waals surface area contributed by atoms with Crippen molar-refractivity contribution >= 4 is 5.91 Å². The van der Waals surface area contributed by atoms with Crippen LogP contribution in [0.3, 0.4) is 0 Å². The van der Waals surface area contributed by atoms with Gasteiger partial charge in [-0.1, -0.05) is 160 Å². The fraction of sp³-hybridized carbons (Fsp3) is 0.861. The van der Waals surface area contributed by atoms with Crippen LogP contribution in [0.25, 0.3) is 0 Å². The van der Waals surface area contributed by atoms with Crippen molar-refractivity contribution in [1.82, 2.24) is 5.32 Å². The molecular weight excluding hydrogens is 510 g/mol. The van der Waals surface area contributed by atoms with Gasteiger partial charge in [-0.15, -0.1) is 0 Å². The highest BCUT2D eigenvalue weighted by Gasteiger charge is 2.20. The summed E-state index contributed by atoms with van der Waals surface area (Å²) in [5, 5.41) is 32.9. The molecule has 0 heterocycles. The first-order valence-corrected chi connectivity index (χ1v) is 17.6. The van der Waals surface area contributed by atoms with Gasteiger partial charge in [0.15, 0.2) is 0 Å². The molecule has 0 fully saturated rings. The molecule has 0 radical (unpaired) electrons. The number of rotatable bonds is 31. The Bertz CT molecular complexity index is 606. The molecular formula is C36H69NO4. The maximum atomic E-state index is 12.3. The normalized spacial score (nSPS) is 14.2. The molecule has 0 aromatic rings. The lowest BCUT2D eigenvalue weighted by atomic mass is 10.0. The molecule has 0 aromatic carbocycles. The van der Waals surface area contributed by atoms with E-state index in [1.807, 2.05) is 6.08 Å². The summed E-state index contributed by atoms with van der Waals surface area (Å²) in [5.74, 6) is -0.327. The van der Waals surface area contributed by atoms with Crippen LogP contribution in [-0.2, 0) is 4.79 Å². The van der Waals surface area contributed by atoms with Gasteiger partial charge in [0.25, 0.3) is 0 Å². The van der Waals surface area contributed by atoms with Crippen molar-refractivity contribution in [3.8, 4) is 0 Å². The van der Waals surface area contributed by atoms with E-state index in [1.54, 1.807) is 6.08 Å². The second-order valence-electron chi connectivity index (χ2n) is 12.1. The van der Waals surface area contributed by atoms with Gasteiger partial charge in [0, 0.05) is 0 Å². The van der Waals surface area contributed by atoms with Crippen LogP contribution in [0.2, 0.25) is 0 Å². The predicted molar refractivity (Wildman–Crippen MR) is 176 cm³/mol. The molecule has 0 saturated heterocycles. The number of carbonyl (C=O) groups excluding carboxylic acids is 1. The first kappa shape index (κ1) is 39.8. The van der Waals surface area contributed by atoms with Crippen LogP contribution < -0.4 is 5.32 Å². The molecule has 0 aliphatic rings. The molecule has 3 atom stereocenters. The first-order valence-electron chi connectivity index (χ1n) is 17.6. The lowest BCUT2D eigenvalue weighted by Gasteiger charge is -2.21. The number of hydrogen-bond donors (Lipinski definition) is 4. The number of unbranched alkanes of at least 4 members (excludes halogenated alkanes) is 20. The van der Waals surface area contributed by atoms with Gasteiger partial charge >= 0.3 is 0 Å². The molecule has 0 spiro atoms. The van der Waals surface area contributed by atoms with E-state index in [4.69, 9.17) is 0 Å². The van der Waals surface area contributed by atoms with Crippen molar-refractivity contribution in [1.29, 1.82) is 0 Å². The van der Waals surface area contributed by atoms with Gasteiger partial charge in [0.05, 0.1) is 31.3 Å². The number of carbonyl (C=O) groups is 1. The van der Waals surface area contributed by atoms with Crippen LogP contribution in [0.15, 0.2) is 24.3 Å². The largest absolute Gasteiger partial charge is 0.394 e. The van der Waals surface area contributed by atoms with E-state index in [0.717, 1.165) is 32.1 Å². The second kappa shape index (κ2) is 31.8. The van der Waals surface area contributed by atoms with Crippen molar-refractivity contribution in [2.75, 3.05) is 6.61 Å². The van der Waals surface area contributed by atoms with Crippen LogP contribution in [0.4, 0.5) is 0 Å². The molecule has 0 rings (SSSR count). The summed E-state index contributed by atoms with van der Waals surface area (Å²) in [6, 6.07) is -0.755. The third-order valence-electron chi connectivity index (χ3n) is 7.99. The number of amides is 1. The van der Waals surface area contributed by atoms with Crippen molar-refractivity contribution in [3.63, 3.8) is 0 Å². The lowest BCUT2D eigenvalue weighted by Crippen LogP contribution is -2.45. The number of allylic oxidation sites excluding steroid dienone is 3. The third kappa shape index (κ3) is 28.7. The van der Waals surface area contributed by atoms with E-state index in [1.165, 1.54) is 116 Å². The Morgan fingerprint density at radius 1 is 0.610 bits per heavy atom. The Hall–Kier alpha value is -1.17. The summed E-state index contributed by atoms with van der Waals surface area (Å²) in [6.07, 6.45) is 35.8. The minimum atomic E-state index is -0.946. The van der Waals surface area contributed by atoms with E-state index in [0.29, 0.717) is 6.42 Å². The van der Waals surface area contributed by atoms with Gasteiger partial charge in [-0.05, 0) is 32.1 Å². The monoisotopic (exact) mass is 580 g/mol.